The summed E-state index contributed by atoms with van der Waals surface area (Å²) in [5, 5.41) is 8.44. The van der Waals surface area contributed by atoms with E-state index in [0.717, 1.165) is 12.1 Å². The Balaban J connectivity index is 0.00000220. The van der Waals surface area contributed by atoms with Crippen LogP contribution >= 0.6 is 35.3 Å². The zero-order valence-electron chi connectivity index (χ0n) is 12.0. The summed E-state index contributed by atoms with van der Waals surface area (Å²) in [6, 6.07) is 9.34. The van der Waals surface area contributed by atoms with Crippen LogP contribution in [-0.2, 0) is 13.1 Å². The molecule has 0 aliphatic heterocycles. The minimum Gasteiger partial charge on any atom is -0.352 e. The fraction of sp³-hybridized carbons (Fsp3) is 0.267. The molecule has 0 spiro atoms. The summed E-state index contributed by atoms with van der Waals surface area (Å²) in [5.74, 6) is 0.533. The molecule has 2 rings (SSSR count). The molecule has 0 radical (unpaired) electrons. The van der Waals surface area contributed by atoms with Crippen molar-refractivity contribution in [3.63, 3.8) is 0 Å². The molecule has 1 aromatic carbocycles. The van der Waals surface area contributed by atoms with E-state index in [-0.39, 0.29) is 29.8 Å². The summed E-state index contributed by atoms with van der Waals surface area (Å²) in [6.07, 6.45) is 0. The van der Waals surface area contributed by atoms with Crippen LogP contribution in [0.15, 0.2) is 40.7 Å². The summed E-state index contributed by atoms with van der Waals surface area (Å²) in [5.41, 5.74) is 1.56. The van der Waals surface area contributed by atoms with Crippen molar-refractivity contribution in [2.75, 3.05) is 7.05 Å². The van der Waals surface area contributed by atoms with E-state index in [2.05, 4.69) is 21.7 Å². The maximum atomic E-state index is 13.4. The molecule has 114 valence electrons. The van der Waals surface area contributed by atoms with Crippen LogP contribution in [0.25, 0.3) is 0 Å². The number of nitrogens with one attached hydrogen (secondary N) is 2. The molecule has 0 saturated heterocycles. The van der Waals surface area contributed by atoms with E-state index in [1.165, 1.54) is 4.88 Å². The van der Waals surface area contributed by atoms with Gasteiger partial charge in [-0.25, -0.2) is 4.39 Å². The SMILES string of the molecule is CN=C(NCc1ccc(C)c(F)c1)NCc1cccs1.I. The Hall–Kier alpha value is -1.15. The quantitative estimate of drug-likeness (QED) is 0.451. The Labute approximate surface area is 145 Å². The van der Waals surface area contributed by atoms with E-state index >= 15 is 0 Å². The highest BCUT2D eigenvalue weighted by atomic mass is 127. The van der Waals surface area contributed by atoms with Crippen molar-refractivity contribution in [2.24, 2.45) is 4.99 Å². The second kappa shape index (κ2) is 8.99. The predicted molar refractivity (Wildman–Crippen MR) is 97.9 cm³/mol. The van der Waals surface area contributed by atoms with Gasteiger partial charge in [0.2, 0.25) is 0 Å². The molecule has 0 unspecified atom stereocenters. The number of thiophene rings is 1. The molecule has 0 aliphatic rings. The van der Waals surface area contributed by atoms with Crippen LogP contribution < -0.4 is 10.6 Å². The molecule has 0 atom stereocenters. The number of rotatable bonds is 4. The Bertz CT molecular complexity index is 585. The van der Waals surface area contributed by atoms with Crippen molar-refractivity contribution in [2.45, 2.75) is 20.0 Å². The van der Waals surface area contributed by atoms with E-state index in [4.69, 9.17) is 0 Å². The molecule has 6 heteroatoms. The van der Waals surface area contributed by atoms with Gasteiger partial charge >= 0.3 is 0 Å². The molecule has 2 N–H and O–H groups in total. The van der Waals surface area contributed by atoms with Gasteiger partial charge in [0.05, 0.1) is 6.54 Å². The molecule has 3 nitrogen and oxygen atoms in total. The third-order valence-corrected chi connectivity index (χ3v) is 3.81. The maximum absolute atomic E-state index is 13.4. The first-order chi connectivity index (χ1) is 9.69. The van der Waals surface area contributed by atoms with Gasteiger partial charge in [0.15, 0.2) is 5.96 Å². The number of aryl methyl sites for hydroxylation is 1. The van der Waals surface area contributed by atoms with Crippen LogP contribution in [-0.4, -0.2) is 13.0 Å². The van der Waals surface area contributed by atoms with Crippen molar-refractivity contribution in [3.8, 4) is 0 Å². The molecule has 0 aliphatic carbocycles. The van der Waals surface area contributed by atoms with Crippen molar-refractivity contribution in [1.29, 1.82) is 0 Å². The Morgan fingerprint density at radius 1 is 1.24 bits per heavy atom. The largest absolute Gasteiger partial charge is 0.352 e. The van der Waals surface area contributed by atoms with Gasteiger partial charge in [0.25, 0.3) is 0 Å². The molecule has 2 aromatic rings. The summed E-state index contributed by atoms with van der Waals surface area (Å²) in [7, 11) is 1.72. The minimum absolute atomic E-state index is 0. The Kier molecular flexibility index (Phi) is 7.66. The van der Waals surface area contributed by atoms with Crippen molar-refractivity contribution in [3.05, 3.63) is 57.5 Å². The zero-order valence-corrected chi connectivity index (χ0v) is 15.2. The van der Waals surface area contributed by atoms with Crippen LogP contribution in [0, 0.1) is 12.7 Å². The van der Waals surface area contributed by atoms with Gasteiger partial charge < -0.3 is 10.6 Å². The van der Waals surface area contributed by atoms with E-state index < -0.39 is 0 Å². The number of halogens is 2. The minimum atomic E-state index is -0.175. The van der Waals surface area contributed by atoms with Crippen molar-refractivity contribution in [1.82, 2.24) is 10.6 Å². The Morgan fingerprint density at radius 2 is 2.00 bits per heavy atom. The summed E-state index contributed by atoms with van der Waals surface area (Å²) < 4.78 is 13.4. The van der Waals surface area contributed by atoms with Crippen LogP contribution in [0.5, 0.6) is 0 Å². The number of guanidine groups is 1. The number of benzene rings is 1. The lowest BCUT2D eigenvalue weighted by Gasteiger charge is -2.11. The molecule has 0 saturated carbocycles. The molecule has 0 bridgehead atoms. The fourth-order valence-electron chi connectivity index (χ4n) is 1.74. The molecule has 1 aromatic heterocycles. The predicted octanol–water partition coefficient (Wildman–Crippen LogP) is 3.68. The summed E-state index contributed by atoms with van der Waals surface area (Å²) in [6.45, 7) is 3.04. The summed E-state index contributed by atoms with van der Waals surface area (Å²) >= 11 is 1.70. The number of hydrogen-bond acceptors (Lipinski definition) is 2. The lowest BCUT2D eigenvalue weighted by molar-refractivity contribution is 0.615. The first-order valence-corrected chi connectivity index (χ1v) is 7.29. The maximum Gasteiger partial charge on any atom is 0.191 e. The van der Waals surface area contributed by atoms with Crippen molar-refractivity contribution >= 4 is 41.3 Å². The molecule has 0 amide bonds. The highest BCUT2D eigenvalue weighted by Crippen LogP contribution is 2.09. The average Bonchev–Trinajstić information content (AvgIpc) is 2.96. The Morgan fingerprint density at radius 3 is 2.62 bits per heavy atom. The number of aliphatic imine (C=N–C) groups is 1. The topological polar surface area (TPSA) is 36.4 Å². The first kappa shape index (κ1) is 17.9. The van der Waals surface area contributed by atoms with E-state index in [1.807, 2.05) is 17.5 Å². The highest BCUT2D eigenvalue weighted by molar-refractivity contribution is 14.0. The van der Waals surface area contributed by atoms with Gasteiger partial charge in [0, 0.05) is 18.5 Å². The second-order valence-corrected chi connectivity index (χ2v) is 5.47. The van der Waals surface area contributed by atoms with Gasteiger partial charge in [0.1, 0.15) is 5.82 Å². The fourth-order valence-corrected chi connectivity index (χ4v) is 2.38. The molecular weight excluding hydrogens is 400 g/mol. The van der Waals surface area contributed by atoms with Crippen LogP contribution in [0.3, 0.4) is 0 Å². The molecule has 0 fully saturated rings. The molecule has 21 heavy (non-hydrogen) atoms. The number of hydrogen-bond donors (Lipinski definition) is 2. The third kappa shape index (κ3) is 5.62. The molecule has 1 heterocycles. The lowest BCUT2D eigenvalue weighted by atomic mass is 10.1. The van der Waals surface area contributed by atoms with Crippen molar-refractivity contribution < 1.29 is 4.39 Å². The van der Waals surface area contributed by atoms with Crippen LogP contribution in [0.4, 0.5) is 4.39 Å². The normalized spacial score (nSPS) is 10.9. The zero-order chi connectivity index (χ0) is 14.4. The second-order valence-electron chi connectivity index (χ2n) is 4.44. The standard InChI is InChI=1S/C15H18FN3S.HI/c1-11-5-6-12(8-14(11)16)9-18-15(17-2)19-10-13-4-3-7-20-13;/h3-8H,9-10H2,1-2H3,(H2,17,18,19);1H. The van der Waals surface area contributed by atoms with Gasteiger partial charge in [-0.2, -0.15) is 0 Å². The van der Waals surface area contributed by atoms with Crippen LogP contribution in [0.1, 0.15) is 16.0 Å². The first-order valence-electron chi connectivity index (χ1n) is 6.41. The smallest absolute Gasteiger partial charge is 0.191 e. The van der Waals surface area contributed by atoms with Gasteiger partial charge in [-0.1, -0.05) is 18.2 Å². The van der Waals surface area contributed by atoms with E-state index in [0.29, 0.717) is 18.1 Å². The monoisotopic (exact) mass is 419 g/mol. The van der Waals surface area contributed by atoms with Gasteiger partial charge in [-0.15, -0.1) is 35.3 Å². The average molecular weight is 419 g/mol. The van der Waals surface area contributed by atoms with Crippen LogP contribution in [0.2, 0.25) is 0 Å². The molecular formula is C15H19FIN3S. The third-order valence-electron chi connectivity index (χ3n) is 2.93. The van der Waals surface area contributed by atoms with Gasteiger partial charge in [-0.3, -0.25) is 4.99 Å². The highest BCUT2D eigenvalue weighted by Gasteiger charge is 2.02. The number of nitrogens with zero attached hydrogens (tertiary/aromatic N) is 1. The van der Waals surface area contributed by atoms with E-state index in [1.54, 1.807) is 37.4 Å². The lowest BCUT2D eigenvalue weighted by Crippen LogP contribution is -2.36. The summed E-state index contributed by atoms with van der Waals surface area (Å²) in [4.78, 5) is 5.39. The van der Waals surface area contributed by atoms with E-state index in [9.17, 15) is 4.39 Å². The van der Waals surface area contributed by atoms with Gasteiger partial charge in [-0.05, 0) is 35.6 Å².